The van der Waals surface area contributed by atoms with Gasteiger partial charge in [-0.2, -0.15) is 13.2 Å². The number of ether oxygens (including phenoxy) is 1. The molecule has 0 saturated carbocycles. The maximum atomic E-state index is 12.7. The largest absolute Gasteiger partial charge is 0.444 e. The molecule has 25 heavy (non-hydrogen) atoms. The zero-order chi connectivity index (χ0) is 18.8. The lowest BCUT2D eigenvalue weighted by atomic mass is 10.0. The van der Waals surface area contributed by atoms with Gasteiger partial charge in [0.15, 0.2) is 0 Å². The van der Waals surface area contributed by atoms with Crippen LogP contribution >= 0.6 is 15.9 Å². The molecule has 0 N–H and O–H groups in total. The third-order valence-corrected chi connectivity index (χ3v) is 4.43. The molecule has 138 valence electrons. The molecule has 0 unspecified atom stereocenters. The Morgan fingerprint density at radius 1 is 1.20 bits per heavy atom. The standard InChI is InChI=1S/C18H21BrF3NO2/c1-17(2,3)25-16(24)23-8-6-12(7-9-23)10-13-4-5-14(11-15(13)19)18(20,21)22/h4-5,10-11H,6-9H2,1-3H3. The van der Waals surface area contributed by atoms with Gasteiger partial charge in [0.05, 0.1) is 5.56 Å². The maximum absolute atomic E-state index is 12.7. The fourth-order valence-corrected chi connectivity index (χ4v) is 2.98. The van der Waals surface area contributed by atoms with Crippen LogP contribution in [0, 0.1) is 0 Å². The first-order chi connectivity index (χ1) is 11.5. The molecule has 1 fully saturated rings. The Labute approximate surface area is 154 Å². The van der Waals surface area contributed by atoms with Gasteiger partial charge in [-0.1, -0.05) is 33.6 Å². The molecule has 1 aliphatic rings. The molecule has 1 heterocycles. The summed E-state index contributed by atoms with van der Waals surface area (Å²) in [7, 11) is 0. The summed E-state index contributed by atoms with van der Waals surface area (Å²) in [6.45, 7) is 6.55. The Bertz CT molecular complexity index is 668. The van der Waals surface area contributed by atoms with Crippen molar-refractivity contribution in [3.63, 3.8) is 0 Å². The van der Waals surface area contributed by atoms with Gasteiger partial charge < -0.3 is 9.64 Å². The normalized spacial score (nSPS) is 16.0. The summed E-state index contributed by atoms with van der Waals surface area (Å²) < 4.78 is 43.9. The number of halogens is 4. The lowest BCUT2D eigenvalue weighted by molar-refractivity contribution is -0.137. The van der Waals surface area contributed by atoms with Crippen molar-refractivity contribution in [1.82, 2.24) is 4.90 Å². The monoisotopic (exact) mass is 419 g/mol. The van der Waals surface area contributed by atoms with Crippen LogP contribution in [0.15, 0.2) is 28.2 Å². The Morgan fingerprint density at radius 2 is 1.80 bits per heavy atom. The molecule has 1 aromatic rings. The molecule has 3 nitrogen and oxygen atoms in total. The summed E-state index contributed by atoms with van der Waals surface area (Å²) in [4.78, 5) is 13.7. The number of nitrogens with zero attached hydrogens (tertiary/aromatic N) is 1. The van der Waals surface area contributed by atoms with Gasteiger partial charge >= 0.3 is 12.3 Å². The van der Waals surface area contributed by atoms with Crippen molar-refractivity contribution in [2.24, 2.45) is 0 Å². The van der Waals surface area contributed by atoms with Crippen molar-refractivity contribution in [3.8, 4) is 0 Å². The van der Waals surface area contributed by atoms with Crippen molar-refractivity contribution in [3.05, 3.63) is 39.4 Å². The zero-order valence-corrected chi connectivity index (χ0v) is 16.0. The molecule has 0 aromatic heterocycles. The number of likely N-dealkylation sites (tertiary alicyclic amines) is 1. The molecular formula is C18H21BrF3NO2. The Kier molecular flexibility index (Phi) is 5.86. The highest BCUT2D eigenvalue weighted by Crippen LogP contribution is 2.33. The Balaban J connectivity index is 2.02. The molecule has 1 amide bonds. The number of hydrogen-bond donors (Lipinski definition) is 0. The quantitative estimate of drug-likeness (QED) is 0.568. The zero-order valence-electron chi connectivity index (χ0n) is 14.4. The number of carbonyl (C=O) groups is 1. The van der Waals surface area contributed by atoms with Crippen molar-refractivity contribution in [1.29, 1.82) is 0 Å². The lowest BCUT2D eigenvalue weighted by Gasteiger charge is -2.31. The minimum Gasteiger partial charge on any atom is -0.444 e. The summed E-state index contributed by atoms with van der Waals surface area (Å²) >= 11 is 3.21. The van der Waals surface area contributed by atoms with Crippen LogP contribution in [0.2, 0.25) is 0 Å². The van der Waals surface area contributed by atoms with Gasteiger partial charge in [-0.15, -0.1) is 0 Å². The van der Waals surface area contributed by atoms with Crippen molar-refractivity contribution >= 4 is 28.1 Å². The van der Waals surface area contributed by atoms with Gasteiger partial charge in [-0.05, 0) is 51.3 Å². The second-order valence-corrected chi connectivity index (χ2v) is 7.86. The van der Waals surface area contributed by atoms with Crippen LogP contribution in [-0.2, 0) is 10.9 Å². The minimum absolute atomic E-state index is 0.331. The molecule has 1 aromatic carbocycles. The molecule has 0 spiro atoms. The summed E-state index contributed by atoms with van der Waals surface area (Å²) in [5, 5.41) is 0. The Morgan fingerprint density at radius 3 is 2.28 bits per heavy atom. The SMILES string of the molecule is CC(C)(C)OC(=O)N1CCC(=Cc2ccc(C(F)(F)F)cc2Br)CC1. The summed E-state index contributed by atoms with van der Waals surface area (Å²) in [6, 6.07) is 3.62. The molecular weight excluding hydrogens is 399 g/mol. The van der Waals surface area contributed by atoms with Gasteiger partial charge in [0.2, 0.25) is 0 Å². The van der Waals surface area contributed by atoms with E-state index in [1.165, 1.54) is 6.07 Å². The topological polar surface area (TPSA) is 29.5 Å². The van der Waals surface area contributed by atoms with E-state index >= 15 is 0 Å². The van der Waals surface area contributed by atoms with Gasteiger partial charge in [-0.3, -0.25) is 0 Å². The first-order valence-electron chi connectivity index (χ1n) is 8.00. The predicted molar refractivity (Wildman–Crippen MR) is 94.2 cm³/mol. The number of benzene rings is 1. The highest BCUT2D eigenvalue weighted by molar-refractivity contribution is 9.10. The number of hydrogen-bond acceptors (Lipinski definition) is 2. The fraction of sp³-hybridized carbons (Fsp3) is 0.500. The van der Waals surface area contributed by atoms with E-state index in [1.54, 1.807) is 4.90 Å². The number of piperidine rings is 1. The maximum Gasteiger partial charge on any atom is 0.416 e. The lowest BCUT2D eigenvalue weighted by Crippen LogP contribution is -2.40. The molecule has 1 saturated heterocycles. The first-order valence-corrected chi connectivity index (χ1v) is 8.79. The average Bonchev–Trinajstić information content (AvgIpc) is 2.47. The van der Waals surface area contributed by atoms with E-state index in [4.69, 9.17) is 4.74 Å². The Hall–Kier alpha value is -1.50. The van der Waals surface area contributed by atoms with Gasteiger partial charge in [-0.25, -0.2) is 4.79 Å². The molecule has 7 heteroatoms. The third kappa shape index (κ3) is 5.76. The summed E-state index contributed by atoms with van der Waals surface area (Å²) in [5.41, 5.74) is 0.591. The second-order valence-electron chi connectivity index (χ2n) is 7.00. The van der Waals surface area contributed by atoms with E-state index in [2.05, 4.69) is 15.9 Å². The predicted octanol–water partition coefficient (Wildman–Crippen LogP) is 5.88. The van der Waals surface area contributed by atoms with E-state index < -0.39 is 17.3 Å². The number of alkyl halides is 3. The van der Waals surface area contributed by atoms with E-state index in [1.807, 2.05) is 26.8 Å². The van der Waals surface area contributed by atoms with Gasteiger partial charge in [0.25, 0.3) is 0 Å². The van der Waals surface area contributed by atoms with E-state index in [-0.39, 0.29) is 6.09 Å². The number of rotatable bonds is 1. The third-order valence-electron chi connectivity index (χ3n) is 3.74. The van der Waals surface area contributed by atoms with Crippen LogP contribution in [-0.4, -0.2) is 29.7 Å². The van der Waals surface area contributed by atoms with Gasteiger partial charge in [0, 0.05) is 17.6 Å². The van der Waals surface area contributed by atoms with Crippen LogP contribution in [0.3, 0.4) is 0 Å². The number of carbonyl (C=O) groups excluding carboxylic acids is 1. The summed E-state index contributed by atoms with van der Waals surface area (Å²) in [5.74, 6) is 0. The van der Waals surface area contributed by atoms with Crippen LogP contribution in [0.25, 0.3) is 6.08 Å². The molecule has 0 atom stereocenters. The summed E-state index contributed by atoms with van der Waals surface area (Å²) in [6.07, 6.45) is -1.45. The van der Waals surface area contributed by atoms with Crippen molar-refractivity contribution in [2.75, 3.05) is 13.1 Å². The second kappa shape index (κ2) is 7.40. The average molecular weight is 420 g/mol. The molecule has 0 bridgehead atoms. The highest BCUT2D eigenvalue weighted by atomic mass is 79.9. The van der Waals surface area contributed by atoms with Crippen molar-refractivity contribution in [2.45, 2.75) is 45.4 Å². The van der Waals surface area contributed by atoms with Crippen LogP contribution in [0.5, 0.6) is 0 Å². The first kappa shape index (κ1) is 19.8. The van der Waals surface area contributed by atoms with E-state index in [0.717, 1.165) is 17.7 Å². The molecule has 0 aliphatic carbocycles. The van der Waals surface area contributed by atoms with Crippen LogP contribution < -0.4 is 0 Å². The van der Waals surface area contributed by atoms with E-state index in [0.29, 0.717) is 36.0 Å². The highest BCUT2D eigenvalue weighted by Gasteiger charge is 2.30. The van der Waals surface area contributed by atoms with Crippen molar-refractivity contribution < 1.29 is 22.7 Å². The molecule has 0 radical (unpaired) electrons. The van der Waals surface area contributed by atoms with E-state index in [9.17, 15) is 18.0 Å². The number of amides is 1. The van der Waals surface area contributed by atoms with Gasteiger partial charge in [0.1, 0.15) is 5.60 Å². The molecule has 1 aliphatic heterocycles. The fourth-order valence-electron chi connectivity index (χ4n) is 2.49. The van der Waals surface area contributed by atoms with Crippen LogP contribution in [0.4, 0.5) is 18.0 Å². The smallest absolute Gasteiger partial charge is 0.416 e. The minimum atomic E-state index is -4.35. The van der Waals surface area contributed by atoms with Crippen LogP contribution in [0.1, 0.15) is 44.7 Å². The molecule has 2 rings (SSSR count).